The Bertz CT molecular complexity index is 989. The van der Waals surface area contributed by atoms with Crippen molar-refractivity contribution < 1.29 is 14.3 Å². The average Bonchev–Trinajstić information content (AvgIpc) is 3.21. The van der Waals surface area contributed by atoms with E-state index < -0.39 is 0 Å². The molecule has 5 nitrogen and oxygen atoms in total. The number of carbonyl (C=O) groups is 1. The maximum Gasteiger partial charge on any atom is 0.223 e. The van der Waals surface area contributed by atoms with E-state index in [2.05, 4.69) is 17.1 Å². The van der Waals surface area contributed by atoms with Gasteiger partial charge in [-0.05, 0) is 37.0 Å². The Morgan fingerprint density at radius 2 is 1.79 bits per heavy atom. The number of carbonyl (C=O) groups excluding carboxylic acids is 1. The van der Waals surface area contributed by atoms with E-state index in [4.69, 9.17) is 9.47 Å². The average molecular weight is 392 g/mol. The molecule has 0 unspecified atom stereocenters. The van der Waals surface area contributed by atoms with Crippen LogP contribution in [0.1, 0.15) is 42.7 Å². The van der Waals surface area contributed by atoms with E-state index in [1.807, 2.05) is 41.4 Å². The van der Waals surface area contributed by atoms with Crippen molar-refractivity contribution in [1.82, 2.24) is 9.88 Å². The van der Waals surface area contributed by atoms with Crippen molar-refractivity contribution in [3.63, 3.8) is 0 Å². The highest BCUT2D eigenvalue weighted by Gasteiger charge is 2.28. The minimum atomic E-state index is -0.120. The molecule has 1 atom stereocenters. The summed E-state index contributed by atoms with van der Waals surface area (Å²) in [5, 5.41) is 1.13. The third-order valence-electron chi connectivity index (χ3n) is 5.89. The molecule has 2 heterocycles. The molecule has 5 heteroatoms. The van der Waals surface area contributed by atoms with Gasteiger partial charge in [-0.2, -0.15) is 0 Å². The van der Waals surface area contributed by atoms with E-state index in [0.717, 1.165) is 48.0 Å². The molecule has 0 bridgehead atoms. The molecule has 0 spiro atoms. The SMILES string of the molecule is COc1cccc([C@H](CC(=O)N2CCCCC2)c2c[nH]c3ccccc23)c1OC. The fraction of sp³-hybridized carbons (Fsp3) is 0.375. The van der Waals surface area contributed by atoms with Crippen LogP contribution < -0.4 is 9.47 Å². The van der Waals surface area contributed by atoms with Crippen molar-refractivity contribution in [2.45, 2.75) is 31.6 Å². The molecule has 1 N–H and O–H groups in total. The van der Waals surface area contributed by atoms with E-state index in [9.17, 15) is 4.79 Å². The van der Waals surface area contributed by atoms with Gasteiger partial charge in [-0.25, -0.2) is 0 Å². The highest BCUT2D eigenvalue weighted by molar-refractivity contribution is 5.86. The molecule has 1 saturated heterocycles. The molecule has 2 aromatic carbocycles. The van der Waals surface area contributed by atoms with Gasteiger partial charge in [0.05, 0.1) is 14.2 Å². The minimum absolute atomic E-state index is 0.120. The zero-order valence-electron chi connectivity index (χ0n) is 17.1. The number of benzene rings is 2. The summed E-state index contributed by atoms with van der Waals surface area (Å²) in [5.74, 6) is 1.45. The zero-order valence-corrected chi connectivity index (χ0v) is 17.1. The molecule has 152 valence electrons. The number of methoxy groups -OCH3 is 2. The first-order chi connectivity index (χ1) is 14.2. The minimum Gasteiger partial charge on any atom is -0.493 e. The fourth-order valence-corrected chi connectivity index (χ4v) is 4.40. The molecule has 4 rings (SSSR count). The summed E-state index contributed by atoms with van der Waals surface area (Å²) < 4.78 is 11.3. The number of rotatable bonds is 6. The number of aromatic amines is 1. The monoisotopic (exact) mass is 392 g/mol. The van der Waals surface area contributed by atoms with Gasteiger partial charge in [-0.3, -0.25) is 4.79 Å². The number of fused-ring (bicyclic) bond motifs is 1. The van der Waals surface area contributed by atoms with Crippen LogP contribution in [0.5, 0.6) is 11.5 Å². The van der Waals surface area contributed by atoms with Crippen LogP contribution >= 0.6 is 0 Å². The summed E-state index contributed by atoms with van der Waals surface area (Å²) in [6.07, 6.45) is 5.82. The molecule has 1 aliphatic heterocycles. The number of ether oxygens (including phenoxy) is 2. The molecular formula is C24H28N2O3. The van der Waals surface area contributed by atoms with Gasteiger partial charge >= 0.3 is 0 Å². The van der Waals surface area contributed by atoms with E-state index in [-0.39, 0.29) is 11.8 Å². The van der Waals surface area contributed by atoms with Crippen LogP contribution in [0.3, 0.4) is 0 Å². The topological polar surface area (TPSA) is 54.6 Å². The van der Waals surface area contributed by atoms with Gasteiger partial charge in [0, 0.05) is 48.1 Å². The van der Waals surface area contributed by atoms with Crippen molar-refractivity contribution in [3.05, 3.63) is 59.8 Å². The normalized spacial score (nSPS) is 15.3. The van der Waals surface area contributed by atoms with E-state index in [1.54, 1.807) is 14.2 Å². The fourth-order valence-electron chi connectivity index (χ4n) is 4.40. The molecule has 0 radical (unpaired) electrons. The Morgan fingerprint density at radius 1 is 1.00 bits per heavy atom. The van der Waals surface area contributed by atoms with Gasteiger partial charge in [0.25, 0.3) is 0 Å². The summed E-state index contributed by atoms with van der Waals surface area (Å²) in [5.41, 5.74) is 3.15. The highest BCUT2D eigenvalue weighted by Crippen LogP contribution is 2.42. The molecule has 3 aromatic rings. The number of hydrogen-bond acceptors (Lipinski definition) is 3. The van der Waals surface area contributed by atoms with Gasteiger partial charge < -0.3 is 19.4 Å². The first-order valence-corrected chi connectivity index (χ1v) is 10.3. The zero-order chi connectivity index (χ0) is 20.2. The number of aromatic nitrogens is 1. The van der Waals surface area contributed by atoms with E-state index >= 15 is 0 Å². The van der Waals surface area contributed by atoms with Crippen molar-refractivity contribution in [3.8, 4) is 11.5 Å². The Labute approximate surface area is 171 Å². The molecule has 1 amide bonds. The summed E-state index contributed by atoms with van der Waals surface area (Å²) in [7, 11) is 3.29. The van der Waals surface area contributed by atoms with E-state index in [1.165, 1.54) is 6.42 Å². The van der Waals surface area contributed by atoms with Crippen LogP contribution in [0.4, 0.5) is 0 Å². The predicted molar refractivity (Wildman–Crippen MR) is 115 cm³/mol. The maximum absolute atomic E-state index is 13.2. The van der Waals surface area contributed by atoms with Crippen LogP contribution in [0.2, 0.25) is 0 Å². The number of nitrogens with one attached hydrogen (secondary N) is 1. The second kappa shape index (κ2) is 8.60. The maximum atomic E-state index is 13.2. The number of para-hydroxylation sites is 2. The highest BCUT2D eigenvalue weighted by atomic mass is 16.5. The number of hydrogen-bond donors (Lipinski definition) is 1. The van der Waals surface area contributed by atoms with Gasteiger partial charge in [0.1, 0.15) is 0 Å². The largest absolute Gasteiger partial charge is 0.493 e. The summed E-state index contributed by atoms with van der Waals surface area (Å²) in [6, 6.07) is 14.1. The molecule has 0 saturated carbocycles. The van der Waals surface area contributed by atoms with Gasteiger partial charge in [-0.15, -0.1) is 0 Å². The van der Waals surface area contributed by atoms with Crippen LogP contribution in [0, 0.1) is 0 Å². The Balaban J connectivity index is 1.78. The molecular weight excluding hydrogens is 364 g/mol. The Kier molecular flexibility index (Phi) is 5.74. The number of nitrogens with zero attached hydrogens (tertiary/aromatic N) is 1. The number of likely N-dealkylation sites (tertiary alicyclic amines) is 1. The first-order valence-electron chi connectivity index (χ1n) is 10.3. The number of amides is 1. The molecule has 29 heavy (non-hydrogen) atoms. The Hall–Kier alpha value is -2.95. The lowest BCUT2D eigenvalue weighted by Crippen LogP contribution is -2.36. The van der Waals surface area contributed by atoms with Gasteiger partial charge in [0.15, 0.2) is 11.5 Å². The van der Waals surface area contributed by atoms with Gasteiger partial charge in [0.2, 0.25) is 5.91 Å². The molecule has 1 fully saturated rings. The van der Waals surface area contributed by atoms with Crippen LogP contribution in [-0.4, -0.2) is 43.1 Å². The summed E-state index contributed by atoms with van der Waals surface area (Å²) in [4.78, 5) is 18.6. The second-order valence-corrected chi connectivity index (χ2v) is 7.57. The van der Waals surface area contributed by atoms with Crippen molar-refractivity contribution in [2.75, 3.05) is 27.3 Å². The van der Waals surface area contributed by atoms with Crippen molar-refractivity contribution in [2.24, 2.45) is 0 Å². The predicted octanol–water partition coefficient (Wildman–Crippen LogP) is 4.72. The number of H-pyrrole nitrogens is 1. The van der Waals surface area contributed by atoms with E-state index in [0.29, 0.717) is 17.9 Å². The quantitative estimate of drug-likeness (QED) is 0.660. The lowest BCUT2D eigenvalue weighted by atomic mass is 9.86. The molecule has 1 aliphatic rings. The molecule has 1 aromatic heterocycles. The van der Waals surface area contributed by atoms with Crippen LogP contribution in [-0.2, 0) is 4.79 Å². The van der Waals surface area contributed by atoms with Gasteiger partial charge in [-0.1, -0.05) is 30.3 Å². The summed E-state index contributed by atoms with van der Waals surface area (Å²) in [6.45, 7) is 1.71. The molecule has 0 aliphatic carbocycles. The lowest BCUT2D eigenvalue weighted by molar-refractivity contribution is -0.132. The van der Waals surface area contributed by atoms with Crippen LogP contribution in [0.15, 0.2) is 48.7 Å². The second-order valence-electron chi connectivity index (χ2n) is 7.57. The smallest absolute Gasteiger partial charge is 0.223 e. The van der Waals surface area contributed by atoms with Crippen molar-refractivity contribution in [1.29, 1.82) is 0 Å². The standard InChI is InChI=1S/C24H28N2O3/c1-28-22-12-8-10-18(24(22)29-2)19(15-23(27)26-13-6-3-7-14-26)20-16-25-21-11-5-4-9-17(20)21/h4-5,8-12,16,19,25H,3,6-7,13-15H2,1-2H3/t19-/m0/s1. The third-order valence-corrected chi connectivity index (χ3v) is 5.89. The third kappa shape index (κ3) is 3.82. The number of piperidine rings is 1. The van der Waals surface area contributed by atoms with Crippen molar-refractivity contribution >= 4 is 16.8 Å². The summed E-state index contributed by atoms with van der Waals surface area (Å²) >= 11 is 0. The Morgan fingerprint density at radius 3 is 2.55 bits per heavy atom. The lowest BCUT2D eigenvalue weighted by Gasteiger charge is -2.29. The first kappa shape index (κ1) is 19.4. The van der Waals surface area contributed by atoms with Crippen LogP contribution in [0.25, 0.3) is 10.9 Å².